The van der Waals surface area contributed by atoms with Crippen LogP contribution in [0.15, 0.2) is 48.5 Å². The van der Waals surface area contributed by atoms with Crippen LogP contribution in [0.2, 0.25) is 0 Å². The Kier molecular flexibility index (Phi) is 9.20. The number of nitrogens with zero attached hydrogens (tertiary/aromatic N) is 1. The number of carbonyl (C=O) groups is 1. The lowest BCUT2D eigenvalue weighted by Crippen LogP contribution is -2.44. The van der Waals surface area contributed by atoms with Crippen LogP contribution < -0.4 is 15.4 Å². The van der Waals surface area contributed by atoms with Crippen LogP contribution in [0.3, 0.4) is 0 Å². The summed E-state index contributed by atoms with van der Waals surface area (Å²) in [5.74, 6) is 0.0575. The highest BCUT2D eigenvalue weighted by Crippen LogP contribution is 2.15. The lowest BCUT2D eigenvalue weighted by atomic mass is 10.1. The molecule has 2 N–H and O–H groups in total. The first-order valence-corrected chi connectivity index (χ1v) is 9.39. The molecule has 0 bridgehead atoms. The molecule has 1 amide bonds. The van der Waals surface area contributed by atoms with Gasteiger partial charge in [-0.25, -0.2) is 4.39 Å². The molecule has 152 valence electrons. The number of benzene rings is 2. The molecule has 0 aliphatic carbocycles. The van der Waals surface area contributed by atoms with Crippen LogP contribution >= 0.6 is 12.4 Å². The van der Waals surface area contributed by atoms with Gasteiger partial charge >= 0.3 is 0 Å². The van der Waals surface area contributed by atoms with Gasteiger partial charge in [-0.2, -0.15) is 0 Å². The zero-order valence-electron chi connectivity index (χ0n) is 15.8. The molecule has 1 heterocycles. The summed E-state index contributed by atoms with van der Waals surface area (Å²) < 4.78 is 18.8. The fraction of sp³-hybridized carbons (Fsp3) is 0.381. The molecule has 5 nitrogen and oxygen atoms in total. The topological polar surface area (TPSA) is 53.6 Å². The summed E-state index contributed by atoms with van der Waals surface area (Å²) in [6, 6.07) is 13.4. The number of hydrogen-bond donors (Lipinski definition) is 2. The first-order chi connectivity index (χ1) is 13.2. The van der Waals surface area contributed by atoms with E-state index in [2.05, 4.69) is 15.5 Å². The quantitative estimate of drug-likeness (QED) is 0.661. The van der Waals surface area contributed by atoms with Gasteiger partial charge < -0.3 is 20.3 Å². The van der Waals surface area contributed by atoms with Gasteiger partial charge in [-0.3, -0.25) is 4.79 Å². The van der Waals surface area contributed by atoms with Crippen molar-refractivity contribution >= 4 is 18.3 Å². The third-order valence-electron chi connectivity index (χ3n) is 4.54. The first-order valence-electron chi connectivity index (χ1n) is 9.39. The van der Waals surface area contributed by atoms with Crippen molar-refractivity contribution in [2.24, 2.45) is 0 Å². The van der Waals surface area contributed by atoms with Crippen molar-refractivity contribution in [3.63, 3.8) is 0 Å². The average Bonchev–Trinajstić information content (AvgIpc) is 2.70. The van der Waals surface area contributed by atoms with E-state index in [0.29, 0.717) is 17.9 Å². The predicted octanol–water partition coefficient (Wildman–Crippen LogP) is 2.85. The summed E-state index contributed by atoms with van der Waals surface area (Å²) in [4.78, 5) is 14.8. The molecule has 1 fully saturated rings. The number of halogens is 2. The van der Waals surface area contributed by atoms with Crippen LogP contribution in [-0.2, 0) is 6.61 Å². The van der Waals surface area contributed by atoms with Gasteiger partial charge in [0.1, 0.15) is 18.2 Å². The van der Waals surface area contributed by atoms with E-state index in [1.54, 1.807) is 18.2 Å². The van der Waals surface area contributed by atoms with Crippen molar-refractivity contribution in [1.29, 1.82) is 0 Å². The van der Waals surface area contributed by atoms with Gasteiger partial charge in [0.05, 0.1) is 0 Å². The molecule has 0 radical (unpaired) electrons. The lowest BCUT2D eigenvalue weighted by Gasteiger charge is -2.27. The average molecular weight is 408 g/mol. The number of rotatable bonds is 8. The minimum atomic E-state index is -0.332. The second-order valence-corrected chi connectivity index (χ2v) is 6.65. The summed E-state index contributed by atoms with van der Waals surface area (Å²) in [6.07, 6.45) is 0.939. The van der Waals surface area contributed by atoms with E-state index in [1.807, 2.05) is 18.2 Å². The summed E-state index contributed by atoms with van der Waals surface area (Å²) in [7, 11) is 0. The molecular formula is C21H27ClFN3O2. The van der Waals surface area contributed by atoms with Crippen LogP contribution in [0.1, 0.15) is 22.3 Å². The molecule has 0 unspecified atom stereocenters. The number of piperazine rings is 1. The number of ether oxygens (including phenoxy) is 1. The molecule has 28 heavy (non-hydrogen) atoms. The van der Waals surface area contributed by atoms with Crippen LogP contribution in [0, 0.1) is 5.82 Å². The number of amides is 1. The van der Waals surface area contributed by atoms with Gasteiger partial charge in [0, 0.05) is 44.4 Å². The molecule has 2 aromatic carbocycles. The zero-order chi connectivity index (χ0) is 18.9. The summed E-state index contributed by atoms with van der Waals surface area (Å²) in [6.45, 7) is 6.17. The summed E-state index contributed by atoms with van der Waals surface area (Å²) in [5.41, 5.74) is 1.48. The molecule has 3 rings (SSSR count). The van der Waals surface area contributed by atoms with E-state index in [9.17, 15) is 9.18 Å². The molecule has 7 heteroatoms. The molecule has 0 aromatic heterocycles. The van der Waals surface area contributed by atoms with E-state index in [4.69, 9.17) is 4.74 Å². The fourth-order valence-corrected chi connectivity index (χ4v) is 3.07. The Morgan fingerprint density at radius 1 is 1.14 bits per heavy atom. The molecular weight excluding hydrogens is 381 g/mol. The van der Waals surface area contributed by atoms with Crippen LogP contribution in [0.5, 0.6) is 5.75 Å². The Bertz CT molecular complexity index is 754. The summed E-state index contributed by atoms with van der Waals surface area (Å²) >= 11 is 0. The third kappa shape index (κ3) is 7.11. The van der Waals surface area contributed by atoms with Crippen molar-refractivity contribution < 1.29 is 13.9 Å². The summed E-state index contributed by atoms with van der Waals surface area (Å²) in [5, 5.41) is 6.31. The van der Waals surface area contributed by atoms with Gasteiger partial charge in [-0.15, -0.1) is 12.4 Å². The SMILES string of the molecule is Cl.O=C(NCCCN1CCNCC1)c1cccc(COc2cccc(F)c2)c1. The first kappa shape index (κ1) is 22.1. The molecule has 0 spiro atoms. The van der Waals surface area contributed by atoms with E-state index in [0.717, 1.165) is 44.7 Å². The largest absolute Gasteiger partial charge is 0.489 e. The molecule has 0 saturated carbocycles. The van der Waals surface area contributed by atoms with Gasteiger partial charge in [-0.1, -0.05) is 18.2 Å². The van der Waals surface area contributed by atoms with Crippen LogP contribution in [-0.4, -0.2) is 50.1 Å². The van der Waals surface area contributed by atoms with Gasteiger partial charge in [0.2, 0.25) is 0 Å². The van der Waals surface area contributed by atoms with E-state index < -0.39 is 0 Å². The number of carbonyl (C=O) groups excluding carboxylic acids is 1. The Morgan fingerprint density at radius 2 is 1.93 bits per heavy atom. The Labute approximate surface area is 171 Å². The molecule has 1 saturated heterocycles. The molecule has 1 aliphatic heterocycles. The maximum absolute atomic E-state index is 13.2. The van der Waals surface area contributed by atoms with E-state index in [1.165, 1.54) is 12.1 Å². The minimum absolute atomic E-state index is 0. The monoisotopic (exact) mass is 407 g/mol. The van der Waals surface area contributed by atoms with Gasteiger partial charge in [0.25, 0.3) is 5.91 Å². The van der Waals surface area contributed by atoms with Crippen molar-refractivity contribution in [2.45, 2.75) is 13.0 Å². The molecule has 2 aromatic rings. The Balaban J connectivity index is 0.00000280. The maximum Gasteiger partial charge on any atom is 0.251 e. The van der Waals surface area contributed by atoms with Crippen molar-refractivity contribution in [1.82, 2.24) is 15.5 Å². The second kappa shape index (κ2) is 11.6. The third-order valence-corrected chi connectivity index (χ3v) is 4.54. The maximum atomic E-state index is 13.2. The van der Waals surface area contributed by atoms with E-state index in [-0.39, 0.29) is 30.7 Å². The molecule has 1 aliphatic rings. The number of nitrogens with one attached hydrogen (secondary N) is 2. The van der Waals surface area contributed by atoms with Crippen LogP contribution in [0.4, 0.5) is 4.39 Å². The lowest BCUT2D eigenvalue weighted by molar-refractivity contribution is 0.0951. The second-order valence-electron chi connectivity index (χ2n) is 6.65. The van der Waals surface area contributed by atoms with Crippen molar-refractivity contribution in [3.8, 4) is 5.75 Å². The van der Waals surface area contributed by atoms with Gasteiger partial charge in [-0.05, 0) is 42.8 Å². The minimum Gasteiger partial charge on any atom is -0.489 e. The zero-order valence-corrected chi connectivity index (χ0v) is 16.6. The Hall–Kier alpha value is -2.15. The van der Waals surface area contributed by atoms with Crippen molar-refractivity contribution in [2.75, 3.05) is 39.3 Å². The predicted molar refractivity (Wildman–Crippen MR) is 111 cm³/mol. The van der Waals surface area contributed by atoms with Gasteiger partial charge in [0.15, 0.2) is 0 Å². The highest BCUT2D eigenvalue weighted by Gasteiger charge is 2.10. The van der Waals surface area contributed by atoms with E-state index >= 15 is 0 Å². The Morgan fingerprint density at radius 3 is 2.71 bits per heavy atom. The smallest absolute Gasteiger partial charge is 0.251 e. The standard InChI is InChI=1S/C21H26FN3O2.ClH/c22-19-6-2-7-20(15-19)27-16-17-4-1-5-18(14-17)21(26)24-8-3-11-25-12-9-23-10-13-25;/h1-2,4-7,14-15,23H,3,8-13,16H2,(H,24,26);1H. The fourth-order valence-electron chi connectivity index (χ4n) is 3.07. The normalized spacial score (nSPS) is 14.2. The molecule has 0 atom stereocenters. The van der Waals surface area contributed by atoms with Crippen LogP contribution in [0.25, 0.3) is 0 Å². The number of hydrogen-bond acceptors (Lipinski definition) is 4. The highest BCUT2D eigenvalue weighted by atomic mass is 35.5. The van der Waals surface area contributed by atoms with Crippen molar-refractivity contribution in [3.05, 3.63) is 65.5 Å². The highest BCUT2D eigenvalue weighted by molar-refractivity contribution is 5.94.